The molecule has 0 unspecified atom stereocenters. The molecule has 0 atom stereocenters. The Balaban J connectivity index is 2.83. The molecule has 0 aromatic heterocycles. The maximum atomic E-state index is 11.4. The van der Waals surface area contributed by atoms with E-state index >= 15 is 0 Å². The van der Waals surface area contributed by atoms with Crippen LogP contribution >= 0.6 is 15.9 Å². The van der Waals surface area contributed by atoms with E-state index in [0.717, 1.165) is 0 Å². The lowest BCUT2D eigenvalue weighted by atomic mass is 10.0. The number of aromatic carboxylic acids is 1. The lowest BCUT2D eigenvalue weighted by Gasteiger charge is -2.07. The smallest absolute Gasteiger partial charge is 0.336 e. The van der Waals surface area contributed by atoms with Crippen LogP contribution < -0.4 is 5.73 Å². The lowest BCUT2D eigenvalue weighted by Crippen LogP contribution is -2.13. The number of carboxylic acids is 1. The molecule has 0 aliphatic rings. The second-order valence-electron chi connectivity index (χ2n) is 3.31. The molecule has 0 heterocycles. The van der Waals surface area contributed by atoms with E-state index in [0.29, 0.717) is 16.6 Å². The van der Waals surface area contributed by atoms with Gasteiger partial charge in [-0.1, -0.05) is 22.0 Å². The van der Waals surface area contributed by atoms with Crippen molar-refractivity contribution in [2.24, 2.45) is 0 Å². The molecule has 1 aromatic carbocycles. The Kier molecular flexibility index (Phi) is 4.96. The van der Waals surface area contributed by atoms with Crippen LogP contribution in [0.1, 0.15) is 15.9 Å². The highest BCUT2D eigenvalue weighted by atomic mass is 79.9. The normalized spacial score (nSPS) is 9.94. The molecule has 1 aromatic rings. The van der Waals surface area contributed by atoms with Crippen molar-refractivity contribution in [2.45, 2.75) is 6.42 Å². The molecule has 0 radical (unpaired) electrons. The predicted molar refractivity (Wildman–Crippen MR) is 66.3 cm³/mol. The summed E-state index contributed by atoms with van der Waals surface area (Å²) in [6, 6.07) is 4.41. The zero-order valence-corrected chi connectivity index (χ0v) is 10.6. The highest BCUT2D eigenvalue weighted by molar-refractivity contribution is 9.09. The third kappa shape index (κ3) is 4.07. The van der Waals surface area contributed by atoms with Crippen molar-refractivity contribution in [3.63, 3.8) is 0 Å². The van der Waals surface area contributed by atoms with Crippen molar-refractivity contribution in [1.82, 2.24) is 0 Å². The number of hydrogen-bond acceptors (Lipinski definition) is 4. The van der Waals surface area contributed by atoms with Crippen molar-refractivity contribution >= 4 is 33.6 Å². The summed E-state index contributed by atoms with van der Waals surface area (Å²) < 4.78 is 4.85. The summed E-state index contributed by atoms with van der Waals surface area (Å²) in [5.74, 6) is -1.57. The first kappa shape index (κ1) is 13.5. The first-order valence-corrected chi connectivity index (χ1v) is 6.00. The minimum Gasteiger partial charge on any atom is -0.478 e. The van der Waals surface area contributed by atoms with Crippen LogP contribution in [0, 0.1) is 0 Å². The molecule has 0 aliphatic heterocycles. The van der Waals surface area contributed by atoms with Crippen LogP contribution in [-0.4, -0.2) is 29.0 Å². The minimum absolute atomic E-state index is 0.0285. The van der Waals surface area contributed by atoms with Crippen molar-refractivity contribution in [3.8, 4) is 0 Å². The molecule has 0 spiro atoms. The second-order valence-corrected chi connectivity index (χ2v) is 4.10. The number of nitrogens with two attached hydrogens (primary N) is 1. The van der Waals surface area contributed by atoms with Crippen LogP contribution in [-0.2, 0) is 16.0 Å². The summed E-state index contributed by atoms with van der Waals surface area (Å²) in [5.41, 5.74) is 6.26. The van der Waals surface area contributed by atoms with Gasteiger partial charge in [-0.3, -0.25) is 4.79 Å². The number of benzene rings is 1. The van der Waals surface area contributed by atoms with E-state index in [-0.39, 0.29) is 18.6 Å². The summed E-state index contributed by atoms with van der Waals surface area (Å²) in [6.45, 7) is 0.260. The number of esters is 1. The van der Waals surface area contributed by atoms with Crippen LogP contribution in [0.15, 0.2) is 18.2 Å². The zero-order chi connectivity index (χ0) is 12.8. The van der Waals surface area contributed by atoms with Crippen LogP contribution in [0.25, 0.3) is 0 Å². The molecule has 92 valence electrons. The molecular weight excluding hydrogens is 290 g/mol. The highest BCUT2D eigenvalue weighted by Crippen LogP contribution is 2.15. The quantitative estimate of drug-likeness (QED) is 0.488. The highest BCUT2D eigenvalue weighted by Gasteiger charge is 2.14. The van der Waals surface area contributed by atoms with Gasteiger partial charge in [0.1, 0.15) is 6.61 Å². The van der Waals surface area contributed by atoms with Crippen LogP contribution in [0.5, 0.6) is 0 Å². The summed E-state index contributed by atoms with van der Waals surface area (Å²) >= 11 is 3.12. The van der Waals surface area contributed by atoms with Crippen molar-refractivity contribution < 1.29 is 19.4 Å². The fourth-order valence-corrected chi connectivity index (χ4v) is 1.47. The Morgan fingerprint density at radius 1 is 1.41 bits per heavy atom. The Morgan fingerprint density at radius 3 is 2.71 bits per heavy atom. The van der Waals surface area contributed by atoms with Gasteiger partial charge in [-0.25, -0.2) is 4.79 Å². The SMILES string of the molecule is Nc1ccc(CC(=O)OCCBr)c(C(=O)O)c1. The number of carbonyl (C=O) groups excluding carboxylic acids is 1. The maximum Gasteiger partial charge on any atom is 0.336 e. The fourth-order valence-electron chi connectivity index (χ4n) is 1.31. The summed E-state index contributed by atoms with van der Waals surface area (Å²) in [6.07, 6.45) is -0.0745. The molecule has 3 N–H and O–H groups in total. The van der Waals surface area contributed by atoms with Gasteiger partial charge in [-0.15, -0.1) is 0 Å². The van der Waals surface area contributed by atoms with Crippen LogP contribution in [0.4, 0.5) is 5.69 Å². The molecule has 0 amide bonds. The van der Waals surface area contributed by atoms with E-state index in [1.165, 1.54) is 12.1 Å². The number of carbonyl (C=O) groups is 2. The summed E-state index contributed by atoms with van der Waals surface area (Å²) in [7, 11) is 0. The van der Waals surface area contributed by atoms with E-state index in [1.807, 2.05) is 0 Å². The largest absolute Gasteiger partial charge is 0.478 e. The molecule has 5 nitrogen and oxygen atoms in total. The number of rotatable bonds is 5. The van der Waals surface area contributed by atoms with Gasteiger partial charge >= 0.3 is 11.9 Å². The molecular formula is C11H12BrNO4. The standard InChI is InChI=1S/C11H12BrNO4/c12-3-4-17-10(14)5-7-1-2-8(13)6-9(7)11(15)16/h1-2,6H,3-5,13H2,(H,15,16). The third-order valence-corrected chi connectivity index (χ3v) is 2.36. The van der Waals surface area contributed by atoms with Gasteiger partial charge < -0.3 is 15.6 Å². The van der Waals surface area contributed by atoms with Gasteiger partial charge in [-0.2, -0.15) is 0 Å². The second kappa shape index (κ2) is 6.24. The van der Waals surface area contributed by atoms with E-state index in [4.69, 9.17) is 15.6 Å². The molecule has 6 heteroatoms. The average molecular weight is 302 g/mol. The van der Waals surface area contributed by atoms with Crippen LogP contribution in [0.3, 0.4) is 0 Å². The lowest BCUT2D eigenvalue weighted by molar-refractivity contribution is -0.142. The average Bonchev–Trinajstić information content (AvgIpc) is 2.28. The molecule has 0 saturated carbocycles. The number of halogens is 1. The number of nitrogen functional groups attached to an aromatic ring is 1. The first-order chi connectivity index (χ1) is 8.04. The predicted octanol–water partition coefficient (Wildman–Crippen LogP) is 1.45. The van der Waals surface area contributed by atoms with Gasteiger partial charge in [0.2, 0.25) is 0 Å². The van der Waals surface area contributed by atoms with Gasteiger partial charge in [0.15, 0.2) is 0 Å². The molecule has 0 bridgehead atoms. The van der Waals surface area contributed by atoms with E-state index in [2.05, 4.69) is 15.9 Å². The van der Waals surface area contributed by atoms with E-state index in [1.54, 1.807) is 6.07 Å². The van der Waals surface area contributed by atoms with Crippen molar-refractivity contribution in [2.75, 3.05) is 17.7 Å². The number of alkyl halides is 1. The number of ether oxygens (including phenoxy) is 1. The molecule has 17 heavy (non-hydrogen) atoms. The zero-order valence-electron chi connectivity index (χ0n) is 8.98. The maximum absolute atomic E-state index is 11.4. The summed E-state index contributed by atoms with van der Waals surface area (Å²) in [4.78, 5) is 22.3. The van der Waals surface area contributed by atoms with Crippen molar-refractivity contribution in [3.05, 3.63) is 29.3 Å². The Labute approximate surface area is 107 Å². The number of hydrogen-bond donors (Lipinski definition) is 2. The molecule has 0 saturated heterocycles. The molecule has 1 rings (SSSR count). The van der Waals surface area contributed by atoms with Gasteiger partial charge in [0, 0.05) is 11.0 Å². The van der Waals surface area contributed by atoms with Gasteiger partial charge in [-0.05, 0) is 17.7 Å². The first-order valence-electron chi connectivity index (χ1n) is 4.88. The topological polar surface area (TPSA) is 89.6 Å². The number of carboxylic acid groups (broad SMARTS) is 1. The monoisotopic (exact) mass is 301 g/mol. The Morgan fingerprint density at radius 2 is 2.12 bits per heavy atom. The summed E-state index contributed by atoms with van der Waals surface area (Å²) in [5, 5.41) is 9.51. The molecule has 0 fully saturated rings. The van der Waals surface area contributed by atoms with Gasteiger partial charge in [0.25, 0.3) is 0 Å². The Bertz CT molecular complexity index is 433. The number of anilines is 1. The van der Waals surface area contributed by atoms with Crippen LogP contribution in [0.2, 0.25) is 0 Å². The molecule has 0 aliphatic carbocycles. The fraction of sp³-hybridized carbons (Fsp3) is 0.273. The Hall–Kier alpha value is -1.56. The minimum atomic E-state index is -1.11. The third-order valence-electron chi connectivity index (χ3n) is 2.04. The van der Waals surface area contributed by atoms with E-state index < -0.39 is 11.9 Å². The van der Waals surface area contributed by atoms with E-state index in [9.17, 15) is 9.59 Å². The van der Waals surface area contributed by atoms with Crippen molar-refractivity contribution in [1.29, 1.82) is 0 Å². The van der Waals surface area contributed by atoms with Gasteiger partial charge in [0.05, 0.1) is 12.0 Å².